The third-order valence-electron chi connectivity index (χ3n) is 4.39. The summed E-state index contributed by atoms with van der Waals surface area (Å²) in [5.41, 5.74) is 2.00. The second-order valence-electron chi connectivity index (χ2n) is 6.20. The number of nitrogens with zero attached hydrogens (tertiary/aromatic N) is 2. The molecule has 1 saturated carbocycles. The van der Waals surface area contributed by atoms with Crippen LogP contribution >= 0.6 is 0 Å². The van der Waals surface area contributed by atoms with Crippen molar-refractivity contribution < 1.29 is 0 Å². The average molecular weight is 269 g/mol. The van der Waals surface area contributed by atoms with E-state index in [2.05, 4.69) is 22.4 Å². The van der Waals surface area contributed by atoms with E-state index in [1.807, 2.05) is 18.2 Å². The van der Waals surface area contributed by atoms with Gasteiger partial charge in [0, 0.05) is 25.7 Å². The summed E-state index contributed by atoms with van der Waals surface area (Å²) in [6, 6.07) is 11.0. The normalized spacial score (nSPS) is 22.1. The maximum atomic E-state index is 9.23. The minimum atomic E-state index is 0.642. The van der Waals surface area contributed by atoms with Crippen LogP contribution in [0.4, 0.5) is 0 Å². The molecular formula is C17H23N3. The largest absolute Gasteiger partial charge is 0.313 e. The van der Waals surface area contributed by atoms with Gasteiger partial charge in [0.05, 0.1) is 11.6 Å². The van der Waals surface area contributed by atoms with Gasteiger partial charge >= 0.3 is 0 Å². The van der Waals surface area contributed by atoms with Crippen LogP contribution in [0.3, 0.4) is 0 Å². The molecule has 1 N–H and O–H groups in total. The van der Waals surface area contributed by atoms with Crippen molar-refractivity contribution in [2.45, 2.75) is 38.3 Å². The SMILES string of the molecule is N#Cc1ccccc1CN(CC1CC1)CC1CCCN1. The second-order valence-corrected chi connectivity index (χ2v) is 6.20. The lowest BCUT2D eigenvalue weighted by molar-refractivity contribution is 0.231. The molecule has 1 aliphatic heterocycles. The molecule has 1 saturated heterocycles. The first-order valence-electron chi connectivity index (χ1n) is 7.79. The van der Waals surface area contributed by atoms with E-state index in [-0.39, 0.29) is 0 Å². The number of hydrogen-bond donors (Lipinski definition) is 1. The van der Waals surface area contributed by atoms with E-state index in [1.165, 1.54) is 37.8 Å². The first-order chi connectivity index (χ1) is 9.85. The summed E-state index contributed by atoms with van der Waals surface area (Å²) in [6.45, 7) is 4.39. The van der Waals surface area contributed by atoms with Gasteiger partial charge in [-0.25, -0.2) is 0 Å². The van der Waals surface area contributed by atoms with E-state index >= 15 is 0 Å². The molecule has 1 aliphatic carbocycles. The molecule has 3 rings (SSSR count). The van der Waals surface area contributed by atoms with Crippen LogP contribution < -0.4 is 5.32 Å². The van der Waals surface area contributed by atoms with E-state index in [4.69, 9.17) is 0 Å². The van der Waals surface area contributed by atoms with Crippen LogP contribution in [0.15, 0.2) is 24.3 Å². The number of rotatable bonds is 6. The zero-order valence-corrected chi connectivity index (χ0v) is 12.0. The summed E-state index contributed by atoms with van der Waals surface area (Å²) >= 11 is 0. The fourth-order valence-electron chi connectivity index (χ4n) is 3.10. The molecule has 0 amide bonds. The molecule has 1 heterocycles. The van der Waals surface area contributed by atoms with Crippen LogP contribution in [0.2, 0.25) is 0 Å². The topological polar surface area (TPSA) is 39.1 Å². The molecule has 2 aliphatic rings. The minimum absolute atomic E-state index is 0.642. The molecular weight excluding hydrogens is 246 g/mol. The van der Waals surface area contributed by atoms with Gasteiger partial charge in [0.1, 0.15) is 0 Å². The van der Waals surface area contributed by atoms with Gasteiger partial charge in [-0.15, -0.1) is 0 Å². The minimum Gasteiger partial charge on any atom is -0.313 e. The van der Waals surface area contributed by atoms with Crippen LogP contribution in [0, 0.1) is 17.2 Å². The summed E-state index contributed by atoms with van der Waals surface area (Å²) in [4.78, 5) is 2.55. The molecule has 1 aromatic carbocycles. The Morgan fingerprint density at radius 1 is 1.20 bits per heavy atom. The average Bonchev–Trinajstić information content (AvgIpc) is 3.13. The number of hydrogen-bond acceptors (Lipinski definition) is 3. The van der Waals surface area contributed by atoms with E-state index in [9.17, 15) is 5.26 Å². The number of nitriles is 1. The van der Waals surface area contributed by atoms with Crippen molar-refractivity contribution in [3.63, 3.8) is 0 Å². The molecule has 0 bridgehead atoms. The lowest BCUT2D eigenvalue weighted by Gasteiger charge is -2.26. The van der Waals surface area contributed by atoms with Gasteiger partial charge in [0.2, 0.25) is 0 Å². The Bertz CT molecular complexity index is 481. The second kappa shape index (κ2) is 6.39. The van der Waals surface area contributed by atoms with E-state index in [1.54, 1.807) is 0 Å². The highest BCUT2D eigenvalue weighted by atomic mass is 15.2. The fraction of sp³-hybridized carbons (Fsp3) is 0.588. The van der Waals surface area contributed by atoms with Crippen LogP contribution in [0.1, 0.15) is 36.8 Å². The first kappa shape index (κ1) is 13.6. The van der Waals surface area contributed by atoms with Gasteiger partial charge in [0.15, 0.2) is 0 Å². The highest BCUT2D eigenvalue weighted by molar-refractivity contribution is 5.37. The van der Waals surface area contributed by atoms with Gasteiger partial charge < -0.3 is 5.32 Å². The lowest BCUT2D eigenvalue weighted by Crippen LogP contribution is -2.38. The molecule has 0 aromatic heterocycles. The summed E-state index contributed by atoms with van der Waals surface area (Å²) < 4.78 is 0. The van der Waals surface area contributed by atoms with Gasteiger partial charge in [0.25, 0.3) is 0 Å². The Kier molecular flexibility index (Phi) is 4.34. The Hall–Kier alpha value is -1.37. The molecule has 106 valence electrons. The molecule has 1 aromatic rings. The molecule has 3 nitrogen and oxygen atoms in total. The zero-order chi connectivity index (χ0) is 13.8. The smallest absolute Gasteiger partial charge is 0.0995 e. The van der Waals surface area contributed by atoms with Gasteiger partial charge in [-0.05, 0) is 49.8 Å². The van der Waals surface area contributed by atoms with Crippen molar-refractivity contribution >= 4 is 0 Å². The fourth-order valence-corrected chi connectivity index (χ4v) is 3.10. The van der Waals surface area contributed by atoms with Crippen molar-refractivity contribution in [1.29, 1.82) is 5.26 Å². The molecule has 0 spiro atoms. The molecule has 1 unspecified atom stereocenters. The lowest BCUT2D eigenvalue weighted by atomic mass is 10.1. The van der Waals surface area contributed by atoms with Crippen molar-refractivity contribution in [2.75, 3.05) is 19.6 Å². The Balaban J connectivity index is 1.66. The van der Waals surface area contributed by atoms with Crippen molar-refractivity contribution in [2.24, 2.45) is 5.92 Å². The summed E-state index contributed by atoms with van der Waals surface area (Å²) in [7, 11) is 0. The van der Waals surface area contributed by atoms with Gasteiger partial charge in [-0.3, -0.25) is 4.90 Å². The maximum Gasteiger partial charge on any atom is 0.0995 e. The molecule has 1 atom stereocenters. The molecule has 3 heteroatoms. The summed E-state index contributed by atoms with van der Waals surface area (Å²) in [6.07, 6.45) is 5.36. The summed E-state index contributed by atoms with van der Waals surface area (Å²) in [5.74, 6) is 0.894. The summed E-state index contributed by atoms with van der Waals surface area (Å²) in [5, 5.41) is 12.8. The van der Waals surface area contributed by atoms with E-state index < -0.39 is 0 Å². The number of benzene rings is 1. The zero-order valence-electron chi connectivity index (χ0n) is 12.0. The van der Waals surface area contributed by atoms with Crippen molar-refractivity contribution in [3.05, 3.63) is 35.4 Å². The van der Waals surface area contributed by atoms with E-state index in [0.29, 0.717) is 6.04 Å². The van der Waals surface area contributed by atoms with Crippen molar-refractivity contribution in [3.8, 4) is 6.07 Å². The molecule has 2 fully saturated rings. The van der Waals surface area contributed by atoms with Crippen LogP contribution in [0.5, 0.6) is 0 Å². The third kappa shape index (κ3) is 3.59. The molecule has 20 heavy (non-hydrogen) atoms. The predicted octanol–water partition coefficient (Wildman–Crippen LogP) is 2.52. The quantitative estimate of drug-likeness (QED) is 0.862. The highest BCUT2D eigenvalue weighted by Crippen LogP contribution is 2.30. The Labute approximate surface area is 121 Å². The van der Waals surface area contributed by atoms with E-state index in [0.717, 1.165) is 31.1 Å². The Morgan fingerprint density at radius 3 is 2.75 bits per heavy atom. The molecule has 0 radical (unpaired) electrons. The third-order valence-corrected chi connectivity index (χ3v) is 4.39. The van der Waals surface area contributed by atoms with Crippen molar-refractivity contribution in [1.82, 2.24) is 10.2 Å². The predicted molar refractivity (Wildman–Crippen MR) is 80.2 cm³/mol. The van der Waals surface area contributed by atoms with Crippen LogP contribution in [-0.4, -0.2) is 30.6 Å². The van der Waals surface area contributed by atoms with Gasteiger partial charge in [-0.1, -0.05) is 18.2 Å². The number of nitrogens with one attached hydrogen (secondary N) is 1. The monoisotopic (exact) mass is 269 g/mol. The Morgan fingerprint density at radius 2 is 2.05 bits per heavy atom. The van der Waals surface area contributed by atoms with Crippen LogP contribution in [0.25, 0.3) is 0 Å². The highest BCUT2D eigenvalue weighted by Gasteiger charge is 2.26. The van der Waals surface area contributed by atoms with Gasteiger partial charge in [-0.2, -0.15) is 5.26 Å². The maximum absolute atomic E-state index is 9.23. The standard InChI is InChI=1S/C17H23N3/c18-10-15-4-1-2-5-16(15)12-20(11-14-7-8-14)13-17-6-3-9-19-17/h1-2,4-5,14,17,19H,3,6-9,11-13H2. The first-order valence-corrected chi connectivity index (χ1v) is 7.79. The van der Waals surface area contributed by atoms with Crippen LogP contribution in [-0.2, 0) is 6.54 Å².